The van der Waals surface area contributed by atoms with Crippen molar-refractivity contribution in [2.75, 3.05) is 39.3 Å². The maximum absolute atomic E-state index is 13.2. The zero-order valence-electron chi connectivity index (χ0n) is 35.2. The molecule has 0 saturated carbocycles. The molecule has 2 aliphatic rings. The monoisotopic (exact) mass is 836 g/mol. The molecule has 2 atom stereocenters. The van der Waals surface area contributed by atoms with Crippen LogP contribution in [0.1, 0.15) is 43.0 Å². The summed E-state index contributed by atoms with van der Waals surface area (Å²) in [5, 5.41) is 5.24. The quantitative estimate of drug-likeness (QED) is 0.149. The lowest BCUT2D eigenvalue weighted by Crippen LogP contribution is -2.57. The number of halogens is 2. The topological polar surface area (TPSA) is 38.8 Å². The number of amides is 1. The number of hydrogen-bond donors (Lipinski definition) is 1. The number of hydrogen-bond acceptors (Lipinski definition) is 4. The van der Waals surface area contributed by atoms with Crippen molar-refractivity contribution in [3.8, 4) is 22.3 Å². The van der Waals surface area contributed by atoms with Crippen LogP contribution in [0, 0.1) is 5.41 Å². The van der Waals surface area contributed by atoms with Crippen LogP contribution in [-0.4, -0.2) is 72.0 Å². The van der Waals surface area contributed by atoms with Gasteiger partial charge in [0.2, 0.25) is 5.91 Å². The third-order valence-corrected chi connectivity index (χ3v) is 12.2. The summed E-state index contributed by atoms with van der Waals surface area (Å²) in [6.07, 6.45) is 1.97. The molecular formula is C53H58Cl2N4O. The van der Waals surface area contributed by atoms with E-state index in [1.165, 1.54) is 27.8 Å². The van der Waals surface area contributed by atoms with Crippen LogP contribution in [0.2, 0.25) is 10.0 Å². The van der Waals surface area contributed by atoms with Crippen LogP contribution in [-0.2, 0) is 30.7 Å². The van der Waals surface area contributed by atoms with Crippen LogP contribution >= 0.6 is 23.2 Å². The minimum absolute atomic E-state index is 0.176. The van der Waals surface area contributed by atoms with E-state index in [1.54, 1.807) is 0 Å². The van der Waals surface area contributed by atoms with Gasteiger partial charge in [0.25, 0.3) is 0 Å². The Kier molecular flexibility index (Phi) is 14.9. The molecular weight excluding hydrogens is 780 g/mol. The predicted molar refractivity (Wildman–Crippen MR) is 251 cm³/mol. The molecule has 7 heteroatoms. The molecule has 6 aromatic carbocycles. The van der Waals surface area contributed by atoms with Gasteiger partial charge in [-0.25, -0.2) is 0 Å². The van der Waals surface area contributed by atoms with E-state index < -0.39 is 0 Å². The van der Waals surface area contributed by atoms with Gasteiger partial charge in [-0.15, -0.1) is 0 Å². The Labute approximate surface area is 368 Å². The van der Waals surface area contributed by atoms with Crippen molar-refractivity contribution in [1.82, 2.24) is 20.0 Å². The second-order valence-corrected chi connectivity index (χ2v) is 18.1. The maximum atomic E-state index is 13.2. The fraction of sp³-hybridized carbons (Fsp3) is 0.302. The Morgan fingerprint density at radius 2 is 1.02 bits per heavy atom. The van der Waals surface area contributed by atoms with Crippen molar-refractivity contribution < 1.29 is 4.79 Å². The van der Waals surface area contributed by atoms with E-state index in [2.05, 4.69) is 135 Å². The first-order chi connectivity index (χ1) is 29.1. The summed E-state index contributed by atoms with van der Waals surface area (Å²) in [7, 11) is 0. The second-order valence-electron chi connectivity index (χ2n) is 17.3. The first-order valence-electron chi connectivity index (χ1n) is 21.3. The van der Waals surface area contributed by atoms with Gasteiger partial charge in [-0.05, 0) is 58.4 Å². The van der Waals surface area contributed by atoms with E-state index in [1.807, 2.05) is 63.2 Å². The summed E-state index contributed by atoms with van der Waals surface area (Å²) in [4.78, 5) is 20.3. The number of benzene rings is 6. The third-order valence-electron chi connectivity index (χ3n) is 11.5. The standard InChI is InChI=1S/C29H33ClN2O.C24H25ClN2/c1-29(2,3)28(33)32-18-17-31(21-25(32)19-22-9-5-4-6-10-22)20-23-13-15-24(16-14-23)26-11-7-8-12-27(26)30;25-24-9-5-4-8-23(24)21-12-10-20(11-13-21)17-27-15-14-26-22(18-27)16-19-6-2-1-3-7-19/h4-16,25H,17-21H2,1-3H3;1-13,22,26H,14-18H2/t25-;22-/m11/s1. The molecule has 6 aromatic rings. The van der Waals surface area contributed by atoms with E-state index in [4.69, 9.17) is 23.2 Å². The van der Waals surface area contributed by atoms with Gasteiger partial charge in [-0.3, -0.25) is 14.6 Å². The zero-order chi connectivity index (χ0) is 41.9. The van der Waals surface area contributed by atoms with Gasteiger partial charge >= 0.3 is 0 Å². The van der Waals surface area contributed by atoms with E-state index >= 15 is 0 Å². The van der Waals surface area contributed by atoms with Crippen molar-refractivity contribution in [3.05, 3.63) is 190 Å². The highest BCUT2D eigenvalue weighted by molar-refractivity contribution is 6.33. The summed E-state index contributed by atoms with van der Waals surface area (Å²) in [5.74, 6) is 0.243. The lowest BCUT2D eigenvalue weighted by molar-refractivity contribution is -0.144. The summed E-state index contributed by atoms with van der Waals surface area (Å²) in [6.45, 7) is 13.7. The Balaban J connectivity index is 0.000000185. The Bertz CT molecular complexity index is 2260. The summed E-state index contributed by atoms with van der Waals surface area (Å²) in [6, 6.07) is 55.4. The molecule has 1 N–H and O–H groups in total. The molecule has 0 aromatic heterocycles. The summed E-state index contributed by atoms with van der Waals surface area (Å²) < 4.78 is 0. The van der Waals surface area contributed by atoms with Crippen molar-refractivity contribution in [3.63, 3.8) is 0 Å². The van der Waals surface area contributed by atoms with Crippen LogP contribution < -0.4 is 5.32 Å². The highest BCUT2D eigenvalue weighted by Gasteiger charge is 2.35. The highest BCUT2D eigenvalue weighted by atomic mass is 35.5. The largest absolute Gasteiger partial charge is 0.336 e. The molecule has 2 heterocycles. The average Bonchev–Trinajstić information content (AvgIpc) is 3.25. The number of carbonyl (C=O) groups excluding carboxylic acids is 1. The molecule has 0 aliphatic carbocycles. The van der Waals surface area contributed by atoms with Crippen LogP contribution in [0.3, 0.4) is 0 Å². The van der Waals surface area contributed by atoms with Crippen molar-refractivity contribution in [1.29, 1.82) is 0 Å². The Hall–Kier alpha value is -4.75. The molecule has 60 heavy (non-hydrogen) atoms. The zero-order valence-corrected chi connectivity index (χ0v) is 36.8. The first-order valence-corrected chi connectivity index (χ1v) is 22.1. The van der Waals surface area contributed by atoms with Crippen molar-refractivity contribution in [2.45, 2.75) is 58.8 Å². The molecule has 0 bridgehead atoms. The number of nitrogens with one attached hydrogen (secondary N) is 1. The van der Waals surface area contributed by atoms with Crippen LogP contribution in [0.4, 0.5) is 0 Å². The molecule has 2 fully saturated rings. The summed E-state index contributed by atoms with van der Waals surface area (Å²) >= 11 is 12.7. The van der Waals surface area contributed by atoms with Crippen molar-refractivity contribution >= 4 is 29.1 Å². The van der Waals surface area contributed by atoms with Crippen molar-refractivity contribution in [2.24, 2.45) is 5.41 Å². The molecule has 0 unspecified atom stereocenters. The van der Waals surface area contributed by atoms with E-state index in [-0.39, 0.29) is 17.4 Å². The van der Waals surface area contributed by atoms with E-state index in [0.29, 0.717) is 6.04 Å². The fourth-order valence-electron chi connectivity index (χ4n) is 8.38. The smallest absolute Gasteiger partial charge is 0.228 e. The summed E-state index contributed by atoms with van der Waals surface area (Å²) in [5.41, 5.74) is 9.40. The molecule has 0 spiro atoms. The Morgan fingerprint density at radius 1 is 0.550 bits per heavy atom. The van der Waals surface area contributed by atoms with Gasteiger partial charge in [0.1, 0.15) is 0 Å². The number of nitrogens with zero attached hydrogens (tertiary/aromatic N) is 3. The molecule has 0 radical (unpaired) electrons. The SMILES string of the molecule is CC(C)(C)C(=O)N1CCN(Cc2ccc(-c3ccccc3Cl)cc2)C[C@H]1Cc1ccccc1.Clc1ccccc1-c1ccc(CN2CCN[C@H](Cc3ccccc3)C2)cc1. The molecule has 2 saturated heterocycles. The van der Waals surface area contributed by atoms with Gasteiger partial charge < -0.3 is 10.2 Å². The van der Waals surface area contributed by atoms with E-state index in [0.717, 1.165) is 91.9 Å². The first kappa shape index (κ1) is 43.3. The number of piperazine rings is 2. The number of rotatable bonds is 10. The van der Waals surface area contributed by atoms with Gasteiger partial charge in [-0.2, -0.15) is 0 Å². The molecule has 8 rings (SSSR count). The second kappa shape index (κ2) is 20.7. The number of carbonyl (C=O) groups is 1. The Morgan fingerprint density at radius 3 is 1.52 bits per heavy atom. The predicted octanol–water partition coefficient (Wildman–Crippen LogP) is 11.3. The minimum atomic E-state index is -0.369. The van der Waals surface area contributed by atoms with Gasteiger partial charge in [0, 0.05) is 91.0 Å². The molecule has 5 nitrogen and oxygen atoms in total. The van der Waals surface area contributed by atoms with Crippen LogP contribution in [0.15, 0.2) is 158 Å². The molecule has 310 valence electrons. The fourth-order valence-corrected chi connectivity index (χ4v) is 8.87. The van der Waals surface area contributed by atoms with E-state index in [9.17, 15) is 4.79 Å². The average molecular weight is 838 g/mol. The van der Waals surface area contributed by atoms with Gasteiger partial charge in [0.05, 0.1) is 0 Å². The highest BCUT2D eigenvalue weighted by Crippen LogP contribution is 2.30. The normalized spacial score (nSPS) is 17.4. The molecule has 2 aliphatic heterocycles. The minimum Gasteiger partial charge on any atom is -0.336 e. The van der Waals surface area contributed by atoms with Gasteiger partial charge in [0.15, 0.2) is 0 Å². The maximum Gasteiger partial charge on any atom is 0.228 e. The van der Waals surface area contributed by atoms with Gasteiger partial charge in [-0.1, -0.05) is 190 Å². The van der Waals surface area contributed by atoms with Crippen LogP contribution in [0.5, 0.6) is 0 Å². The lowest BCUT2D eigenvalue weighted by atomic mass is 9.92. The van der Waals surface area contributed by atoms with Crippen LogP contribution in [0.25, 0.3) is 22.3 Å². The lowest BCUT2D eigenvalue weighted by Gasteiger charge is -2.44. The molecule has 1 amide bonds. The third kappa shape index (κ3) is 12.0.